The number of carbonyl (C=O) groups is 1. The second-order valence-corrected chi connectivity index (χ2v) is 6.49. The summed E-state index contributed by atoms with van der Waals surface area (Å²) in [5.41, 5.74) is 2.41. The normalized spacial score (nSPS) is 10.3. The first-order valence-corrected chi connectivity index (χ1v) is 7.89. The Morgan fingerprint density at radius 1 is 1.24 bits per heavy atom. The molecule has 0 fully saturated rings. The van der Waals surface area contributed by atoms with Gasteiger partial charge in [0.25, 0.3) is 5.91 Å². The predicted octanol–water partition coefficient (Wildman–Crippen LogP) is 4.05. The van der Waals surface area contributed by atoms with E-state index in [0.29, 0.717) is 14.6 Å². The van der Waals surface area contributed by atoms with E-state index in [2.05, 4.69) is 63.5 Å². The minimum Gasteiger partial charge on any atom is -0.320 e. The number of hydrogen-bond donors (Lipinski definition) is 3. The summed E-state index contributed by atoms with van der Waals surface area (Å²) < 4.78 is 16.1. The Hall–Kier alpha value is -1.03. The smallest absolute Gasteiger partial charge is 0.258 e. The largest absolute Gasteiger partial charge is 0.320 e. The van der Waals surface area contributed by atoms with Gasteiger partial charge in [0.2, 0.25) is 0 Å². The molecule has 4 N–H and O–H groups in total. The number of aromatic nitrogens is 1. The number of nitrogens with two attached hydrogens (primary N) is 1. The number of nitrogens with zero attached hydrogens (tertiary/aromatic N) is 1. The number of halogens is 4. The van der Waals surface area contributed by atoms with E-state index in [1.54, 1.807) is 12.1 Å². The zero-order valence-corrected chi connectivity index (χ0v) is 15.0. The third-order valence-electron chi connectivity index (χ3n) is 2.52. The zero-order chi connectivity index (χ0) is 15.6. The number of hydrazine groups is 1. The summed E-state index contributed by atoms with van der Waals surface area (Å²) in [7, 11) is 0. The van der Waals surface area contributed by atoms with Crippen LogP contribution in [0.4, 0.5) is 15.9 Å². The van der Waals surface area contributed by atoms with Crippen molar-refractivity contribution >= 4 is 65.2 Å². The Morgan fingerprint density at radius 3 is 2.43 bits per heavy atom. The summed E-state index contributed by atoms with van der Waals surface area (Å²) in [6.45, 7) is 0. The molecule has 110 valence electrons. The number of rotatable bonds is 3. The number of amides is 1. The van der Waals surface area contributed by atoms with Crippen LogP contribution in [0.3, 0.4) is 0 Å². The molecule has 0 atom stereocenters. The van der Waals surface area contributed by atoms with E-state index in [1.807, 2.05) is 0 Å². The van der Waals surface area contributed by atoms with Gasteiger partial charge in [-0.25, -0.2) is 15.2 Å². The highest BCUT2D eigenvalue weighted by atomic mass is 79.9. The molecule has 0 saturated carbocycles. The van der Waals surface area contributed by atoms with Crippen LogP contribution in [-0.4, -0.2) is 10.9 Å². The van der Waals surface area contributed by atoms with Crippen molar-refractivity contribution in [3.8, 4) is 0 Å². The first-order valence-electron chi connectivity index (χ1n) is 5.51. The molecule has 1 aromatic heterocycles. The zero-order valence-electron chi connectivity index (χ0n) is 10.3. The highest BCUT2D eigenvalue weighted by molar-refractivity contribution is 9.11. The van der Waals surface area contributed by atoms with E-state index >= 15 is 0 Å². The molecule has 1 heterocycles. The van der Waals surface area contributed by atoms with Gasteiger partial charge < -0.3 is 10.7 Å². The van der Waals surface area contributed by atoms with Crippen molar-refractivity contribution in [2.45, 2.75) is 0 Å². The van der Waals surface area contributed by atoms with Gasteiger partial charge in [0, 0.05) is 19.6 Å². The third kappa shape index (κ3) is 3.60. The molecule has 5 nitrogen and oxygen atoms in total. The van der Waals surface area contributed by atoms with Gasteiger partial charge in [0.1, 0.15) is 0 Å². The van der Waals surface area contributed by atoms with Gasteiger partial charge in [-0.05, 0) is 50.1 Å². The number of carbonyl (C=O) groups excluding carboxylic acids is 1. The molecule has 1 amide bonds. The average molecular weight is 483 g/mol. The summed E-state index contributed by atoms with van der Waals surface area (Å²) in [5.74, 6) is 3.50. The Kier molecular flexibility index (Phi) is 5.31. The van der Waals surface area contributed by atoms with Crippen molar-refractivity contribution in [3.63, 3.8) is 0 Å². The second kappa shape index (κ2) is 6.82. The molecule has 2 aromatic rings. The summed E-state index contributed by atoms with van der Waals surface area (Å²) in [4.78, 5) is 15.9. The number of nitrogens with one attached hydrogen (secondary N) is 2. The van der Waals surface area contributed by atoms with Gasteiger partial charge in [-0.1, -0.05) is 15.9 Å². The maximum Gasteiger partial charge on any atom is 0.258 e. The lowest BCUT2D eigenvalue weighted by atomic mass is 10.2. The van der Waals surface area contributed by atoms with Crippen molar-refractivity contribution in [3.05, 3.63) is 49.2 Å². The van der Waals surface area contributed by atoms with E-state index in [9.17, 15) is 9.18 Å². The Labute approximate surface area is 144 Å². The SMILES string of the molecule is NNc1nccc(C(=O)Nc2c(Br)cc(Br)cc2Br)c1F. The maximum atomic E-state index is 14.0. The van der Waals surface area contributed by atoms with Crippen LogP contribution in [0.1, 0.15) is 10.4 Å². The standard InChI is InChI=1S/C12H8Br3FN4O/c13-5-3-7(14)10(8(15)4-5)19-12(21)6-1-2-18-11(20-17)9(6)16/h1-4H,17H2,(H,18,20)(H,19,21). The first-order chi connectivity index (χ1) is 9.93. The molecule has 21 heavy (non-hydrogen) atoms. The van der Waals surface area contributed by atoms with Gasteiger partial charge in [0.05, 0.1) is 11.3 Å². The number of hydrogen-bond acceptors (Lipinski definition) is 4. The van der Waals surface area contributed by atoms with Crippen LogP contribution in [0.15, 0.2) is 37.8 Å². The Morgan fingerprint density at radius 2 is 1.86 bits per heavy atom. The predicted molar refractivity (Wildman–Crippen MR) is 89.5 cm³/mol. The van der Waals surface area contributed by atoms with Crippen molar-refractivity contribution in [1.29, 1.82) is 0 Å². The van der Waals surface area contributed by atoms with Gasteiger partial charge >= 0.3 is 0 Å². The Bertz CT molecular complexity index is 688. The molecule has 0 aliphatic rings. The van der Waals surface area contributed by atoms with E-state index in [0.717, 1.165) is 4.47 Å². The van der Waals surface area contributed by atoms with Gasteiger partial charge in [-0.2, -0.15) is 0 Å². The molecule has 0 saturated heterocycles. The van der Waals surface area contributed by atoms with Crippen LogP contribution in [0.5, 0.6) is 0 Å². The van der Waals surface area contributed by atoms with Crippen LogP contribution in [0, 0.1) is 5.82 Å². The van der Waals surface area contributed by atoms with E-state index in [4.69, 9.17) is 5.84 Å². The van der Waals surface area contributed by atoms with Crippen LogP contribution in [0.25, 0.3) is 0 Å². The van der Waals surface area contributed by atoms with Crippen molar-refractivity contribution < 1.29 is 9.18 Å². The van der Waals surface area contributed by atoms with E-state index < -0.39 is 11.7 Å². The molecular weight excluding hydrogens is 475 g/mol. The molecule has 0 radical (unpaired) electrons. The summed E-state index contributed by atoms with van der Waals surface area (Å²) in [5, 5.41) is 2.62. The lowest BCUT2D eigenvalue weighted by molar-refractivity contribution is 0.102. The van der Waals surface area contributed by atoms with Crippen LogP contribution >= 0.6 is 47.8 Å². The van der Waals surface area contributed by atoms with Crippen LogP contribution in [0.2, 0.25) is 0 Å². The van der Waals surface area contributed by atoms with Gasteiger partial charge in [-0.15, -0.1) is 0 Å². The molecule has 0 aliphatic heterocycles. The van der Waals surface area contributed by atoms with Crippen molar-refractivity contribution in [2.75, 3.05) is 10.7 Å². The average Bonchev–Trinajstić information content (AvgIpc) is 2.42. The minimum atomic E-state index is -0.818. The Balaban J connectivity index is 2.35. The van der Waals surface area contributed by atoms with Crippen LogP contribution in [-0.2, 0) is 0 Å². The molecule has 0 bridgehead atoms. The molecule has 2 rings (SSSR count). The molecule has 0 spiro atoms. The molecule has 0 unspecified atom stereocenters. The highest BCUT2D eigenvalue weighted by Crippen LogP contribution is 2.34. The minimum absolute atomic E-state index is 0.167. The van der Waals surface area contributed by atoms with Crippen molar-refractivity contribution in [2.24, 2.45) is 5.84 Å². The first kappa shape index (κ1) is 16.3. The van der Waals surface area contributed by atoms with Gasteiger partial charge in [-0.3, -0.25) is 4.79 Å². The van der Waals surface area contributed by atoms with Crippen LogP contribution < -0.4 is 16.6 Å². The highest BCUT2D eigenvalue weighted by Gasteiger charge is 2.18. The molecule has 0 aliphatic carbocycles. The number of benzene rings is 1. The number of nitrogen functional groups attached to an aromatic ring is 1. The fourth-order valence-electron chi connectivity index (χ4n) is 1.56. The summed E-state index contributed by atoms with van der Waals surface area (Å²) in [6, 6.07) is 4.79. The fourth-order valence-corrected chi connectivity index (χ4v) is 4.02. The molecular formula is C12H8Br3FN4O. The molecule has 9 heteroatoms. The molecule has 1 aromatic carbocycles. The second-order valence-electron chi connectivity index (χ2n) is 3.86. The quantitative estimate of drug-likeness (QED) is 0.455. The maximum absolute atomic E-state index is 14.0. The third-order valence-corrected chi connectivity index (χ3v) is 4.22. The fraction of sp³-hybridized carbons (Fsp3) is 0. The number of pyridine rings is 1. The van der Waals surface area contributed by atoms with Gasteiger partial charge in [0.15, 0.2) is 11.6 Å². The lowest BCUT2D eigenvalue weighted by Gasteiger charge is -2.11. The van der Waals surface area contributed by atoms with E-state index in [1.165, 1.54) is 12.3 Å². The monoisotopic (exact) mass is 480 g/mol. The topological polar surface area (TPSA) is 80.0 Å². The summed E-state index contributed by atoms with van der Waals surface area (Å²) in [6.07, 6.45) is 1.29. The lowest BCUT2D eigenvalue weighted by Crippen LogP contribution is -2.18. The summed E-state index contributed by atoms with van der Waals surface area (Å²) >= 11 is 9.99. The van der Waals surface area contributed by atoms with E-state index in [-0.39, 0.29) is 11.4 Å². The number of anilines is 2. The van der Waals surface area contributed by atoms with Crippen molar-refractivity contribution in [1.82, 2.24) is 4.98 Å².